The Morgan fingerprint density at radius 1 is 0.825 bits per heavy atom. The quantitative estimate of drug-likeness (QED) is 0.365. The molecule has 1 saturated carbocycles. The van der Waals surface area contributed by atoms with Crippen molar-refractivity contribution in [1.82, 2.24) is 23.8 Å². The molecule has 10 heteroatoms. The molecule has 4 rings (SSSR count). The summed E-state index contributed by atoms with van der Waals surface area (Å²) in [6.45, 7) is 10.5. The van der Waals surface area contributed by atoms with E-state index < -0.39 is 17.8 Å². The lowest BCUT2D eigenvalue weighted by Gasteiger charge is -2.32. The molecule has 0 unspecified atom stereocenters. The van der Waals surface area contributed by atoms with E-state index in [4.69, 9.17) is 0 Å². The molecule has 0 bridgehead atoms. The number of carbonyl (C=O) groups is 3. The van der Waals surface area contributed by atoms with Gasteiger partial charge in [0.1, 0.15) is 5.57 Å². The van der Waals surface area contributed by atoms with Gasteiger partial charge < -0.3 is 4.90 Å². The van der Waals surface area contributed by atoms with Crippen molar-refractivity contribution in [2.24, 2.45) is 0 Å². The maximum Gasteiger partial charge on any atom is 0.333 e. The Morgan fingerprint density at radius 2 is 1.40 bits per heavy atom. The molecule has 212 valence electrons. The zero-order valence-corrected chi connectivity index (χ0v) is 24.1. The van der Waals surface area contributed by atoms with Crippen molar-refractivity contribution in [3.63, 3.8) is 0 Å². The number of benzene rings is 1. The number of amides is 4. The van der Waals surface area contributed by atoms with Crippen molar-refractivity contribution in [2.75, 3.05) is 26.7 Å². The van der Waals surface area contributed by atoms with Crippen molar-refractivity contribution in [3.05, 3.63) is 72.4 Å². The van der Waals surface area contributed by atoms with E-state index in [1.54, 1.807) is 37.5 Å². The minimum Gasteiger partial charge on any atom is -0.374 e. The van der Waals surface area contributed by atoms with Crippen LogP contribution in [0.3, 0.4) is 0 Å². The van der Waals surface area contributed by atoms with Gasteiger partial charge in [-0.2, -0.15) is 0 Å². The second-order valence-electron chi connectivity index (χ2n) is 9.79. The average molecular weight is 548 g/mol. The first-order valence-corrected chi connectivity index (χ1v) is 14.0. The monoisotopic (exact) mass is 547 g/mol. The Balaban J connectivity index is 2.15. The molecule has 2 fully saturated rings. The van der Waals surface area contributed by atoms with Gasteiger partial charge in [-0.15, -0.1) is 0 Å². The lowest BCUT2D eigenvalue weighted by atomic mass is 9.98. The van der Waals surface area contributed by atoms with Gasteiger partial charge in [-0.05, 0) is 64.7 Å². The van der Waals surface area contributed by atoms with Gasteiger partial charge in [0.2, 0.25) is 0 Å². The number of nitrogens with zero attached hydrogens (tertiary/aromatic N) is 5. The number of imide groups is 2. The molecule has 1 saturated heterocycles. The highest BCUT2D eigenvalue weighted by molar-refractivity contribution is 6.31. The first-order valence-electron chi connectivity index (χ1n) is 14.0. The zero-order valence-electron chi connectivity index (χ0n) is 24.1. The molecule has 2 aliphatic rings. The van der Waals surface area contributed by atoms with Crippen LogP contribution in [0.1, 0.15) is 58.6 Å². The molecule has 2 heterocycles. The van der Waals surface area contributed by atoms with E-state index in [2.05, 4.69) is 0 Å². The van der Waals surface area contributed by atoms with Crippen LogP contribution in [-0.4, -0.2) is 68.4 Å². The fourth-order valence-electron chi connectivity index (χ4n) is 5.22. The Hall–Kier alpha value is -4.21. The second-order valence-corrected chi connectivity index (χ2v) is 9.79. The predicted molar refractivity (Wildman–Crippen MR) is 154 cm³/mol. The number of rotatable bonds is 8. The predicted octanol–water partition coefficient (Wildman–Crippen LogP) is 1.32. The summed E-state index contributed by atoms with van der Waals surface area (Å²) in [5.41, 5.74) is 2.06. The van der Waals surface area contributed by atoms with Crippen molar-refractivity contribution in [3.8, 4) is 0 Å². The van der Waals surface area contributed by atoms with E-state index >= 15 is 0 Å². The number of likely N-dealkylation sites (N-methyl/N-ethyl adjacent to an activating group) is 2. The fraction of sp³-hybridized carbons (Fsp3) is 0.433. The van der Waals surface area contributed by atoms with E-state index in [0.29, 0.717) is 40.5 Å². The first kappa shape index (κ1) is 28.8. The van der Waals surface area contributed by atoms with Gasteiger partial charge >= 0.3 is 11.7 Å². The highest BCUT2D eigenvalue weighted by Crippen LogP contribution is 2.28. The fourth-order valence-corrected chi connectivity index (χ4v) is 5.22. The smallest absolute Gasteiger partial charge is 0.333 e. The van der Waals surface area contributed by atoms with Crippen LogP contribution in [0.25, 0.3) is 17.3 Å². The van der Waals surface area contributed by atoms with E-state index in [-0.39, 0.29) is 36.5 Å². The minimum absolute atomic E-state index is 0.115. The number of aromatic nitrogens is 2. The highest BCUT2D eigenvalue weighted by atomic mass is 16.2. The molecule has 1 aliphatic carbocycles. The summed E-state index contributed by atoms with van der Waals surface area (Å²) in [5, 5.41) is 1.09. The number of urea groups is 1. The van der Waals surface area contributed by atoms with Crippen molar-refractivity contribution >= 4 is 35.2 Å². The van der Waals surface area contributed by atoms with Crippen molar-refractivity contribution in [1.29, 1.82) is 0 Å². The number of carbonyl (C=O) groups excluding carboxylic acids is 3. The summed E-state index contributed by atoms with van der Waals surface area (Å²) >= 11 is 0. The summed E-state index contributed by atoms with van der Waals surface area (Å²) < 4.78 is 2.93. The number of barbiturate groups is 1. The second kappa shape index (κ2) is 11.5. The topological polar surface area (TPSA) is 105 Å². The van der Waals surface area contributed by atoms with Crippen LogP contribution in [0.4, 0.5) is 4.79 Å². The van der Waals surface area contributed by atoms with Crippen LogP contribution in [0.15, 0.2) is 39.4 Å². The van der Waals surface area contributed by atoms with Gasteiger partial charge in [0, 0.05) is 45.3 Å². The van der Waals surface area contributed by atoms with Crippen molar-refractivity contribution < 1.29 is 14.4 Å². The molecule has 1 aromatic carbocycles. The third-order valence-corrected chi connectivity index (χ3v) is 7.55. The molecule has 4 amide bonds. The Bertz CT molecular complexity index is 1630. The van der Waals surface area contributed by atoms with Gasteiger partial charge in [0.25, 0.3) is 17.4 Å². The molecule has 0 atom stereocenters. The summed E-state index contributed by atoms with van der Waals surface area (Å²) in [6.07, 6.45) is 3.14. The largest absolute Gasteiger partial charge is 0.374 e. The van der Waals surface area contributed by atoms with Gasteiger partial charge in [-0.25, -0.2) is 9.59 Å². The molecule has 0 N–H and O–H groups in total. The maximum absolute atomic E-state index is 14.0. The van der Waals surface area contributed by atoms with Crippen LogP contribution < -0.4 is 21.8 Å². The van der Waals surface area contributed by atoms with Crippen molar-refractivity contribution in [2.45, 2.75) is 60.5 Å². The molecule has 40 heavy (non-hydrogen) atoms. The van der Waals surface area contributed by atoms with Crippen LogP contribution in [0.5, 0.6) is 0 Å². The van der Waals surface area contributed by atoms with Gasteiger partial charge in [-0.3, -0.25) is 33.3 Å². The Kier molecular flexibility index (Phi) is 8.27. The zero-order chi connectivity index (χ0) is 29.3. The Labute approximate surface area is 233 Å². The molecule has 10 nitrogen and oxygen atoms in total. The maximum atomic E-state index is 14.0. The average Bonchev–Trinajstić information content (AvgIpc) is 3.79. The van der Waals surface area contributed by atoms with Gasteiger partial charge in [0.05, 0.1) is 16.3 Å². The number of hydrogen-bond donors (Lipinski definition) is 0. The van der Waals surface area contributed by atoms with Crippen LogP contribution >= 0.6 is 0 Å². The lowest BCUT2D eigenvalue weighted by molar-refractivity contribution is -0.135. The SMILES string of the molecule is CCN1C(=O)C(=Cc2ccccc2/C(=c2/c(=O)n(CC)c(=O)n(CC)c2=C2CC2)N(C)CC)C(=O)N(CC)C1=O. The molecule has 0 radical (unpaired) electrons. The normalized spacial score (nSPS) is 16.1. The lowest BCUT2D eigenvalue weighted by Crippen LogP contribution is -2.60. The third kappa shape index (κ3) is 4.71. The van der Waals surface area contributed by atoms with E-state index in [0.717, 1.165) is 28.2 Å². The molecule has 0 spiro atoms. The standard InChI is InChI=1S/C30H37N5O5/c1-7-31(6)25(23-24(19-16-17-19)32(8-2)29(39)35(11-5)28(23)38)21-15-13-12-14-20(21)18-22-26(36)33(9-3)30(40)34(10-4)27(22)37/h12-15,18H,7-11,16-17H2,1-6H3/b25-23-. The molecular weight excluding hydrogens is 510 g/mol. The molecule has 1 aromatic heterocycles. The highest BCUT2D eigenvalue weighted by Gasteiger charge is 2.40. The van der Waals surface area contributed by atoms with Crippen LogP contribution in [0, 0.1) is 0 Å². The summed E-state index contributed by atoms with van der Waals surface area (Å²) in [7, 11) is 1.88. The first-order chi connectivity index (χ1) is 19.2. The molecular formula is C30H37N5O5. The van der Waals surface area contributed by atoms with E-state index in [1.165, 1.54) is 10.6 Å². The molecule has 1 aliphatic heterocycles. The van der Waals surface area contributed by atoms with Gasteiger partial charge in [0.15, 0.2) is 0 Å². The van der Waals surface area contributed by atoms with Gasteiger partial charge in [-0.1, -0.05) is 24.3 Å². The van der Waals surface area contributed by atoms with E-state index in [1.807, 2.05) is 37.9 Å². The number of hydrogen-bond acceptors (Lipinski definition) is 6. The van der Waals surface area contributed by atoms with E-state index in [9.17, 15) is 24.0 Å². The Morgan fingerprint density at radius 3 is 1.90 bits per heavy atom. The minimum atomic E-state index is -0.649. The summed E-state index contributed by atoms with van der Waals surface area (Å²) in [4.78, 5) is 70.6. The molecule has 2 aromatic rings. The summed E-state index contributed by atoms with van der Waals surface area (Å²) in [5.74, 6) is -1.30. The van der Waals surface area contributed by atoms with Crippen LogP contribution in [-0.2, 0) is 22.7 Å². The summed E-state index contributed by atoms with van der Waals surface area (Å²) in [6, 6.07) is 6.64. The van der Waals surface area contributed by atoms with Crippen LogP contribution in [0.2, 0.25) is 0 Å². The third-order valence-electron chi connectivity index (χ3n) is 7.55.